The second-order valence-electron chi connectivity index (χ2n) is 22.5. The van der Waals surface area contributed by atoms with Crippen LogP contribution in [0.3, 0.4) is 0 Å². The van der Waals surface area contributed by atoms with Gasteiger partial charge in [0.25, 0.3) is 6.71 Å². The molecular formula is C65H53BN2. The van der Waals surface area contributed by atoms with Gasteiger partial charge in [-0.05, 0) is 136 Å². The summed E-state index contributed by atoms with van der Waals surface area (Å²) in [6.45, 7) is 18.9. The van der Waals surface area contributed by atoms with Crippen molar-refractivity contribution in [2.24, 2.45) is 0 Å². The van der Waals surface area contributed by atoms with Crippen LogP contribution in [0.4, 0.5) is 0 Å². The van der Waals surface area contributed by atoms with Crippen molar-refractivity contribution >= 4 is 66.6 Å². The lowest BCUT2D eigenvalue weighted by molar-refractivity contribution is 0.590. The maximum atomic E-state index is 2.69. The third-order valence-corrected chi connectivity index (χ3v) is 16.2. The summed E-state index contributed by atoms with van der Waals surface area (Å²) in [5, 5.41) is 6.55. The molecule has 3 aliphatic rings. The van der Waals surface area contributed by atoms with Gasteiger partial charge in [-0.2, -0.15) is 0 Å². The number of benzene rings is 9. The molecule has 2 aliphatic heterocycles. The molecule has 2 nitrogen and oxygen atoms in total. The highest BCUT2D eigenvalue weighted by molar-refractivity contribution is 7.01. The largest absolute Gasteiger partial charge is 0.310 e. The lowest BCUT2D eigenvalue weighted by Crippen LogP contribution is -2.60. The van der Waals surface area contributed by atoms with Crippen molar-refractivity contribution in [3.63, 3.8) is 0 Å². The minimum Gasteiger partial charge on any atom is -0.310 e. The van der Waals surface area contributed by atoms with Gasteiger partial charge in [-0.3, -0.25) is 0 Å². The number of hydrogen-bond donors (Lipinski definition) is 0. The molecule has 0 unspecified atom stereocenters. The van der Waals surface area contributed by atoms with Gasteiger partial charge in [-0.1, -0.05) is 189 Å². The van der Waals surface area contributed by atoms with Gasteiger partial charge in [0.15, 0.2) is 0 Å². The fourth-order valence-corrected chi connectivity index (χ4v) is 12.8. The minimum absolute atomic E-state index is 0.000105. The summed E-state index contributed by atoms with van der Waals surface area (Å²) in [6, 6.07) is 67.9. The Morgan fingerprint density at radius 3 is 1.82 bits per heavy atom. The van der Waals surface area contributed by atoms with Crippen molar-refractivity contribution in [3.05, 3.63) is 198 Å². The maximum Gasteiger partial charge on any atom is 0.253 e. The first-order chi connectivity index (χ1) is 32.8. The van der Waals surface area contributed by atoms with E-state index in [1.807, 2.05) is 0 Å². The average Bonchev–Trinajstić information content (AvgIpc) is 3.94. The van der Waals surface area contributed by atoms with Crippen molar-refractivity contribution in [3.8, 4) is 56.0 Å². The SMILES string of the molecule is CC(C)(C)c1ccc2c(c1)c1cc(C(C)(C)C)cc3c1n2-c1cc(-c2ccc4c(c2)-c2ccccc2C4(C)C)cc2c1B3c1c3ccccc3cc3c(-c4ccccc4)c(-c4ccccc4)n-2c13. The highest BCUT2D eigenvalue weighted by Gasteiger charge is 2.44. The van der Waals surface area contributed by atoms with Gasteiger partial charge >= 0.3 is 0 Å². The molecule has 68 heavy (non-hydrogen) atoms. The minimum atomic E-state index is -0.0711. The number of hydrogen-bond acceptors (Lipinski definition) is 0. The summed E-state index contributed by atoms with van der Waals surface area (Å²) in [5.41, 5.74) is 26.1. The van der Waals surface area contributed by atoms with Crippen LogP contribution in [0.25, 0.3) is 99.5 Å². The van der Waals surface area contributed by atoms with Crippen molar-refractivity contribution in [1.82, 2.24) is 9.13 Å². The summed E-state index contributed by atoms with van der Waals surface area (Å²) < 4.78 is 5.36. The van der Waals surface area contributed by atoms with Gasteiger partial charge in [-0.25, -0.2) is 0 Å². The molecule has 0 saturated heterocycles. The summed E-state index contributed by atoms with van der Waals surface area (Å²) >= 11 is 0. The molecule has 0 saturated carbocycles. The van der Waals surface area contributed by atoms with Gasteiger partial charge in [-0.15, -0.1) is 0 Å². The van der Waals surface area contributed by atoms with Crippen LogP contribution >= 0.6 is 0 Å². The first kappa shape index (κ1) is 39.8. The number of aromatic nitrogens is 2. The number of nitrogens with zero attached hydrogens (tertiary/aromatic N) is 2. The molecule has 3 heteroatoms. The number of rotatable bonds is 3. The Labute approximate surface area is 399 Å². The molecule has 326 valence electrons. The van der Waals surface area contributed by atoms with Crippen molar-refractivity contribution in [2.75, 3.05) is 0 Å². The first-order valence-corrected chi connectivity index (χ1v) is 24.5. The van der Waals surface area contributed by atoms with Gasteiger partial charge < -0.3 is 9.13 Å². The third-order valence-electron chi connectivity index (χ3n) is 16.2. The molecule has 14 rings (SSSR count). The molecule has 9 aromatic carbocycles. The van der Waals surface area contributed by atoms with E-state index in [1.54, 1.807) is 0 Å². The monoisotopic (exact) mass is 872 g/mol. The predicted molar refractivity (Wildman–Crippen MR) is 291 cm³/mol. The molecule has 0 spiro atoms. The number of fused-ring (bicyclic) bond motifs is 12. The topological polar surface area (TPSA) is 9.86 Å². The quantitative estimate of drug-likeness (QED) is 0.157. The molecule has 0 radical (unpaired) electrons. The summed E-state index contributed by atoms with van der Waals surface area (Å²) in [5.74, 6) is 0. The molecule has 2 aromatic heterocycles. The molecule has 0 amide bonds. The van der Waals surface area contributed by atoms with Crippen LogP contribution in [-0.2, 0) is 16.2 Å². The van der Waals surface area contributed by atoms with Crippen molar-refractivity contribution in [1.29, 1.82) is 0 Å². The van der Waals surface area contributed by atoms with Crippen LogP contribution in [-0.4, -0.2) is 15.8 Å². The molecule has 0 atom stereocenters. The van der Waals surface area contributed by atoms with Gasteiger partial charge in [0.2, 0.25) is 0 Å². The third kappa shape index (κ3) is 5.25. The Kier molecular flexibility index (Phi) is 7.85. The van der Waals surface area contributed by atoms with E-state index in [0.717, 1.165) is 0 Å². The fourth-order valence-electron chi connectivity index (χ4n) is 12.8. The normalized spacial score (nSPS) is 14.3. The Morgan fingerprint density at radius 1 is 0.426 bits per heavy atom. The van der Waals surface area contributed by atoms with E-state index >= 15 is 0 Å². The van der Waals surface area contributed by atoms with Crippen LogP contribution in [0.15, 0.2) is 176 Å². The summed E-state index contributed by atoms with van der Waals surface area (Å²) in [4.78, 5) is 0. The van der Waals surface area contributed by atoms with Crippen molar-refractivity contribution < 1.29 is 0 Å². The Bertz CT molecular complexity index is 4000. The van der Waals surface area contributed by atoms with E-state index in [1.165, 1.54) is 138 Å². The smallest absolute Gasteiger partial charge is 0.253 e. The van der Waals surface area contributed by atoms with Gasteiger partial charge in [0.05, 0.1) is 16.7 Å². The zero-order valence-corrected chi connectivity index (χ0v) is 40.2. The Hall–Kier alpha value is -7.36. The predicted octanol–water partition coefficient (Wildman–Crippen LogP) is 14.9. The highest BCUT2D eigenvalue weighted by Crippen LogP contribution is 2.51. The lowest BCUT2D eigenvalue weighted by Gasteiger charge is -2.36. The highest BCUT2D eigenvalue weighted by atomic mass is 15.0. The van der Waals surface area contributed by atoms with E-state index in [4.69, 9.17) is 0 Å². The zero-order chi connectivity index (χ0) is 46.2. The van der Waals surface area contributed by atoms with E-state index in [2.05, 4.69) is 240 Å². The average molecular weight is 873 g/mol. The fraction of sp³-hybridized carbons (Fsp3) is 0.169. The van der Waals surface area contributed by atoms with Crippen LogP contribution < -0.4 is 16.4 Å². The van der Waals surface area contributed by atoms with E-state index in [-0.39, 0.29) is 23.0 Å². The maximum absolute atomic E-state index is 2.69. The van der Waals surface area contributed by atoms with Crippen LogP contribution in [0.2, 0.25) is 0 Å². The molecule has 11 aromatic rings. The Morgan fingerprint density at radius 2 is 1.07 bits per heavy atom. The van der Waals surface area contributed by atoms with E-state index < -0.39 is 0 Å². The van der Waals surface area contributed by atoms with Crippen LogP contribution in [0, 0.1) is 0 Å². The van der Waals surface area contributed by atoms with E-state index in [9.17, 15) is 0 Å². The first-order valence-electron chi connectivity index (χ1n) is 24.5. The molecular weight excluding hydrogens is 820 g/mol. The molecule has 0 fully saturated rings. The molecule has 0 N–H and O–H groups in total. The standard InChI is InChI=1S/C65H53BN2/c1-63(2,3)43-28-30-54-48(35-43)49-36-44(64(4,5)6)37-53-61(49)67(54)55-33-42(40-27-29-52-47(31-40)46-25-17-18-26-51(46)65(52,7)8)34-56-59(55)66(53)58-45-24-16-15-23-41(45)32-50-57(38-19-11-9-12-20-38)60(68(56)62(50)58)39-21-13-10-14-22-39/h9-37H,1-8H3. The Balaban J connectivity index is 1.21. The van der Waals surface area contributed by atoms with Crippen LogP contribution in [0.5, 0.6) is 0 Å². The summed E-state index contributed by atoms with van der Waals surface area (Å²) in [7, 11) is 0. The van der Waals surface area contributed by atoms with Crippen molar-refractivity contribution in [2.45, 2.75) is 71.6 Å². The second kappa shape index (κ2) is 13.4. The summed E-state index contributed by atoms with van der Waals surface area (Å²) in [6.07, 6.45) is 0. The molecule has 1 aliphatic carbocycles. The van der Waals surface area contributed by atoms with Crippen LogP contribution in [0.1, 0.15) is 77.6 Å². The molecule has 4 heterocycles. The van der Waals surface area contributed by atoms with Gasteiger partial charge in [0.1, 0.15) is 0 Å². The van der Waals surface area contributed by atoms with Gasteiger partial charge in [0, 0.05) is 44.0 Å². The second-order valence-corrected chi connectivity index (χ2v) is 22.5. The van der Waals surface area contributed by atoms with E-state index in [0.29, 0.717) is 0 Å². The molecule has 0 bridgehead atoms. The lowest BCUT2D eigenvalue weighted by atomic mass is 9.33. The zero-order valence-electron chi connectivity index (χ0n) is 40.2.